The van der Waals surface area contributed by atoms with Crippen LogP contribution in [0.15, 0.2) is 11.6 Å². The van der Waals surface area contributed by atoms with E-state index in [-0.39, 0.29) is 6.42 Å². The van der Waals surface area contributed by atoms with Crippen molar-refractivity contribution < 1.29 is 18.3 Å². The number of halogens is 5. The zero-order valence-electron chi connectivity index (χ0n) is 8.04. The van der Waals surface area contributed by atoms with Gasteiger partial charge < -0.3 is 5.11 Å². The third kappa shape index (κ3) is 2.34. The fraction of sp³-hybridized carbons (Fsp3) is 0.778. The molecule has 0 aromatic heterocycles. The van der Waals surface area contributed by atoms with E-state index in [1.807, 2.05) is 0 Å². The summed E-state index contributed by atoms with van der Waals surface area (Å²) in [6, 6.07) is 0. The molecule has 0 heterocycles. The van der Waals surface area contributed by atoms with Crippen molar-refractivity contribution >= 4 is 27.5 Å². The van der Waals surface area contributed by atoms with Gasteiger partial charge in [-0.05, 0) is 26.2 Å². The molecule has 0 saturated heterocycles. The molecule has 0 radical (unpaired) electrons. The number of rotatable bonds is 1. The molecule has 1 rings (SSSR count). The molecule has 0 saturated carbocycles. The van der Waals surface area contributed by atoms with Crippen LogP contribution in [-0.4, -0.2) is 20.7 Å². The number of hydrogen-bond acceptors (Lipinski definition) is 1. The highest BCUT2D eigenvalue weighted by atomic mass is 79.9. The summed E-state index contributed by atoms with van der Waals surface area (Å²) in [6.07, 6.45) is -2.32. The quantitative estimate of drug-likeness (QED) is 0.578. The first-order valence-corrected chi connectivity index (χ1v) is 5.62. The van der Waals surface area contributed by atoms with Gasteiger partial charge >= 0.3 is 6.18 Å². The Labute approximate surface area is 99.4 Å². The highest BCUT2D eigenvalue weighted by molar-refractivity contribution is 9.10. The van der Waals surface area contributed by atoms with Crippen LogP contribution in [-0.2, 0) is 0 Å². The minimum Gasteiger partial charge on any atom is -0.383 e. The Morgan fingerprint density at radius 2 is 2.07 bits per heavy atom. The summed E-state index contributed by atoms with van der Waals surface area (Å²) < 4.78 is 35.1. The van der Waals surface area contributed by atoms with E-state index in [0.717, 1.165) is 5.57 Å². The topological polar surface area (TPSA) is 20.2 Å². The largest absolute Gasteiger partial charge is 0.420 e. The van der Waals surface area contributed by atoms with E-state index in [4.69, 9.17) is 11.6 Å². The lowest BCUT2D eigenvalue weighted by atomic mass is 9.84. The lowest BCUT2D eigenvalue weighted by molar-refractivity contribution is -0.172. The first kappa shape index (κ1) is 13.3. The van der Waals surface area contributed by atoms with Gasteiger partial charge in [-0.15, -0.1) is 0 Å². The van der Waals surface area contributed by atoms with Crippen molar-refractivity contribution in [3.8, 4) is 0 Å². The van der Waals surface area contributed by atoms with Gasteiger partial charge in [0.1, 0.15) is 5.60 Å². The van der Waals surface area contributed by atoms with Crippen LogP contribution < -0.4 is 0 Å². The van der Waals surface area contributed by atoms with Crippen molar-refractivity contribution in [3.05, 3.63) is 11.6 Å². The van der Waals surface area contributed by atoms with E-state index < -0.39 is 15.6 Å². The van der Waals surface area contributed by atoms with Crippen molar-refractivity contribution in [2.75, 3.05) is 0 Å². The van der Waals surface area contributed by atoms with Gasteiger partial charge in [0.2, 0.25) is 3.78 Å². The molecule has 1 nitrogen and oxygen atoms in total. The van der Waals surface area contributed by atoms with Crippen molar-refractivity contribution in [1.29, 1.82) is 0 Å². The molecule has 0 aromatic carbocycles. The van der Waals surface area contributed by atoms with Gasteiger partial charge in [-0.1, -0.05) is 39.2 Å². The predicted molar refractivity (Wildman–Crippen MR) is 56.1 cm³/mol. The number of allylic oxidation sites excluding steroid dienone is 1. The maximum Gasteiger partial charge on any atom is 0.420 e. The van der Waals surface area contributed by atoms with E-state index in [0.29, 0.717) is 12.8 Å². The van der Waals surface area contributed by atoms with Crippen LogP contribution in [0.5, 0.6) is 0 Å². The molecule has 1 aliphatic rings. The van der Waals surface area contributed by atoms with Crippen LogP contribution in [0.1, 0.15) is 26.2 Å². The molecular weight excluding hydrogens is 296 g/mol. The number of hydrogen-bond donors (Lipinski definition) is 1. The third-order valence-corrected chi connectivity index (χ3v) is 4.19. The molecule has 0 amide bonds. The molecule has 2 unspecified atom stereocenters. The van der Waals surface area contributed by atoms with E-state index in [1.54, 1.807) is 6.92 Å². The monoisotopic (exact) mass is 306 g/mol. The van der Waals surface area contributed by atoms with Crippen LogP contribution in [0.2, 0.25) is 0 Å². The van der Waals surface area contributed by atoms with E-state index in [9.17, 15) is 18.3 Å². The van der Waals surface area contributed by atoms with Gasteiger partial charge in [-0.2, -0.15) is 13.2 Å². The number of aliphatic hydroxyl groups is 1. The lowest BCUT2D eigenvalue weighted by Crippen LogP contribution is -2.54. The number of alkyl halides is 5. The average Bonchev–Trinajstić information content (AvgIpc) is 2.01. The Morgan fingerprint density at radius 1 is 1.53 bits per heavy atom. The molecule has 0 fully saturated rings. The van der Waals surface area contributed by atoms with Gasteiger partial charge in [0.05, 0.1) is 0 Å². The van der Waals surface area contributed by atoms with Gasteiger partial charge in [-0.3, -0.25) is 0 Å². The molecule has 0 bridgehead atoms. The summed E-state index contributed by atoms with van der Waals surface area (Å²) in [7, 11) is 0. The van der Waals surface area contributed by atoms with Crippen molar-refractivity contribution in [1.82, 2.24) is 0 Å². The summed E-state index contributed by atoms with van der Waals surface area (Å²) in [6.45, 7) is 1.68. The van der Waals surface area contributed by atoms with Crippen molar-refractivity contribution in [3.63, 3.8) is 0 Å². The van der Waals surface area contributed by atoms with Gasteiger partial charge in [0, 0.05) is 0 Å². The first-order valence-electron chi connectivity index (χ1n) is 4.45. The van der Waals surface area contributed by atoms with E-state index in [1.165, 1.54) is 6.08 Å². The van der Waals surface area contributed by atoms with Crippen molar-refractivity contribution in [2.45, 2.75) is 41.7 Å². The van der Waals surface area contributed by atoms with E-state index in [2.05, 4.69) is 15.9 Å². The fourth-order valence-corrected chi connectivity index (χ4v) is 2.14. The Morgan fingerprint density at radius 3 is 2.47 bits per heavy atom. The average molecular weight is 308 g/mol. The lowest BCUT2D eigenvalue weighted by Gasteiger charge is -2.40. The highest BCUT2D eigenvalue weighted by Gasteiger charge is 2.63. The Kier molecular flexibility index (Phi) is 3.49. The maximum absolute atomic E-state index is 12.6. The molecule has 0 aliphatic heterocycles. The minimum atomic E-state index is -4.71. The Balaban J connectivity index is 3.10. The minimum absolute atomic E-state index is 0.00139. The van der Waals surface area contributed by atoms with Crippen LogP contribution in [0.4, 0.5) is 13.2 Å². The molecule has 0 spiro atoms. The third-order valence-electron chi connectivity index (χ3n) is 2.51. The van der Waals surface area contributed by atoms with Crippen LogP contribution in [0.25, 0.3) is 0 Å². The molecule has 2 atom stereocenters. The molecule has 88 valence electrons. The SMILES string of the molecule is CC1=CC(O)(C(Cl)(Br)C(F)(F)F)CCC1. The Bertz CT molecular complexity index is 288. The maximum atomic E-state index is 12.6. The summed E-state index contributed by atoms with van der Waals surface area (Å²) in [4.78, 5) is 0. The molecule has 0 aromatic rings. The standard InChI is InChI=1S/C9H11BrClF3O/c1-6-3-2-4-7(15,5-6)8(10,11)9(12,13)14/h5,15H,2-4H2,1H3. The van der Waals surface area contributed by atoms with Gasteiger partial charge in [0.25, 0.3) is 0 Å². The zero-order valence-corrected chi connectivity index (χ0v) is 10.4. The second-order valence-corrected chi connectivity index (χ2v) is 6.05. The Hall–Kier alpha value is 0.260. The molecule has 1 N–H and O–H groups in total. The first-order chi connectivity index (χ1) is 6.60. The second-order valence-electron chi connectivity index (χ2n) is 3.84. The normalized spacial score (nSPS) is 32.1. The van der Waals surface area contributed by atoms with Crippen LogP contribution >= 0.6 is 27.5 Å². The van der Waals surface area contributed by atoms with Crippen LogP contribution in [0, 0.1) is 0 Å². The summed E-state index contributed by atoms with van der Waals surface area (Å²) in [5.41, 5.74) is -1.35. The van der Waals surface area contributed by atoms with Crippen LogP contribution in [0.3, 0.4) is 0 Å². The second kappa shape index (κ2) is 3.93. The highest BCUT2D eigenvalue weighted by Crippen LogP contribution is 2.52. The zero-order chi connectivity index (χ0) is 11.9. The van der Waals surface area contributed by atoms with Gasteiger partial charge in [0.15, 0.2) is 0 Å². The molecule has 15 heavy (non-hydrogen) atoms. The van der Waals surface area contributed by atoms with Crippen molar-refractivity contribution in [2.24, 2.45) is 0 Å². The summed E-state index contributed by atoms with van der Waals surface area (Å²) >= 11 is 7.79. The summed E-state index contributed by atoms with van der Waals surface area (Å²) in [5.74, 6) is 0. The van der Waals surface area contributed by atoms with E-state index >= 15 is 0 Å². The predicted octanol–water partition coefficient (Wildman–Crippen LogP) is 3.74. The molecule has 6 heteroatoms. The fourth-order valence-electron chi connectivity index (χ4n) is 1.68. The molecule has 1 aliphatic carbocycles. The molecular formula is C9H11BrClF3O. The smallest absolute Gasteiger partial charge is 0.383 e. The summed E-state index contributed by atoms with van der Waals surface area (Å²) in [5, 5.41) is 9.93. The van der Waals surface area contributed by atoms with Gasteiger partial charge in [-0.25, -0.2) is 0 Å².